The smallest absolute Gasteiger partial charge is 0.414 e. The van der Waals surface area contributed by atoms with Crippen LogP contribution < -0.4 is 30.3 Å². The van der Waals surface area contributed by atoms with E-state index < -0.39 is 12.2 Å². The Balaban J connectivity index is 1.12. The van der Waals surface area contributed by atoms with Crippen LogP contribution >= 0.6 is 11.8 Å². The number of aromatic nitrogens is 2. The fourth-order valence-corrected chi connectivity index (χ4v) is 6.27. The molecular formula is C28H30N6O6S. The predicted molar refractivity (Wildman–Crippen MR) is 153 cm³/mol. The van der Waals surface area contributed by atoms with Gasteiger partial charge in [-0.1, -0.05) is 0 Å². The van der Waals surface area contributed by atoms with E-state index in [4.69, 9.17) is 14.2 Å². The molecule has 3 N–H and O–H groups in total. The Morgan fingerprint density at radius 1 is 1.24 bits per heavy atom. The number of fused-ring (bicyclic) bond motifs is 2. The number of thioether (sulfide) groups is 1. The van der Waals surface area contributed by atoms with Crippen molar-refractivity contribution in [2.75, 3.05) is 36.2 Å². The molecule has 214 valence electrons. The van der Waals surface area contributed by atoms with Crippen molar-refractivity contribution >= 4 is 51.9 Å². The van der Waals surface area contributed by atoms with Crippen LogP contribution in [0.15, 0.2) is 47.6 Å². The number of carbonyl (C=O) groups excluding carboxylic acids is 3. The van der Waals surface area contributed by atoms with E-state index in [1.165, 1.54) is 25.0 Å². The van der Waals surface area contributed by atoms with Crippen molar-refractivity contribution in [2.24, 2.45) is 0 Å². The molecule has 12 nitrogen and oxygen atoms in total. The molecule has 0 saturated carbocycles. The van der Waals surface area contributed by atoms with Gasteiger partial charge in [0.25, 0.3) is 0 Å². The van der Waals surface area contributed by atoms with E-state index in [0.717, 1.165) is 15.8 Å². The topological polar surface area (TPSA) is 144 Å². The predicted octanol–water partition coefficient (Wildman–Crippen LogP) is 2.71. The molecule has 6 rings (SSSR count). The maximum atomic E-state index is 12.8. The Labute approximate surface area is 240 Å². The van der Waals surface area contributed by atoms with Gasteiger partial charge in [-0.15, -0.1) is 11.8 Å². The number of hydrogen-bond acceptors (Lipinski definition) is 10. The third kappa shape index (κ3) is 5.86. The zero-order valence-electron chi connectivity index (χ0n) is 22.6. The number of methoxy groups -OCH3 is 1. The summed E-state index contributed by atoms with van der Waals surface area (Å²) in [6, 6.07) is 10.7. The van der Waals surface area contributed by atoms with E-state index in [0.29, 0.717) is 54.7 Å². The molecule has 0 spiro atoms. The zero-order valence-corrected chi connectivity index (χ0v) is 23.4. The molecule has 2 fully saturated rings. The van der Waals surface area contributed by atoms with Gasteiger partial charge in [-0.3, -0.25) is 14.5 Å². The van der Waals surface area contributed by atoms with E-state index >= 15 is 0 Å². The first-order valence-electron chi connectivity index (χ1n) is 13.4. The average Bonchev–Trinajstić information content (AvgIpc) is 3.58. The Morgan fingerprint density at radius 3 is 2.95 bits per heavy atom. The number of nitrogens with one attached hydrogen (secondary N) is 3. The van der Waals surface area contributed by atoms with Crippen LogP contribution in [0.2, 0.25) is 0 Å². The van der Waals surface area contributed by atoms with Gasteiger partial charge in [-0.25, -0.2) is 14.8 Å². The summed E-state index contributed by atoms with van der Waals surface area (Å²) in [6.07, 6.45) is 1.44. The van der Waals surface area contributed by atoms with E-state index in [1.54, 1.807) is 18.1 Å². The first kappa shape index (κ1) is 27.1. The zero-order chi connectivity index (χ0) is 28.5. The second kappa shape index (κ2) is 11.4. The Bertz CT molecular complexity index is 1500. The molecule has 1 aromatic heterocycles. The van der Waals surface area contributed by atoms with Crippen LogP contribution in [-0.2, 0) is 14.3 Å². The summed E-state index contributed by atoms with van der Waals surface area (Å²) < 4.78 is 17.3. The summed E-state index contributed by atoms with van der Waals surface area (Å²) in [6.45, 7) is 2.37. The monoisotopic (exact) mass is 578 g/mol. The van der Waals surface area contributed by atoms with Crippen molar-refractivity contribution in [1.82, 2.24) is 20.6 Å². The third-order valence-electron chi connectivity index (χ3n) is 7.38. The van der Waals surface area contributed by atoms with E-state index in [9.17, 15) is 14.4 Å². The lowest BCUT2D eigenvalue weighted by molar-refractivity contribution is -0.120. The number of ether oxygens (including phenoxy) is 3. The van der Waals surface area contributed by atoms with E-state index in [2.05, 4.69) is 25.9 Å². The number of benzene rings is 2. The minimum Gasteiger partial charge on any atom is -0.497 e. The molecule has 3 amide bonds. The average molecular weight is 579 g/mol. The summed E-state index contributed by atoms with van der Waals surface area (Å²) >= 11 is 1.46. The minimum atomic E-state index is -0.460. The first-order chi connectivity index (χ1) is 19.9. The highest BCUT2D eigenvalue weighted by Gasteiger charge is 2.39. The number of rotatable bonds is 8. The number of hydrogen-bond donors (Lipinski definition) is 3. The quantitative estimate of drug-likeness (QED) is 0.365. The van der Waals surface area contributed by atoms with Crippen LogP contribution in [0, 0.1) is 0 Å². The molecule has 3 aliphatic heterocycles. The molecule has 4 atom stereocenters. The molecule has 3 aromatic rings. The second-order valence-corrected chi connectivity index (χ2v) is 11.2. The first-order valence-corrected chi connectivity index (χ1v) is 14.4. The van der Waals surface area contributed by atoms with Gasteiger partial charge in [-0.05, 0) is 36.4 Å². The fraction of sp³-hybridized carbons (Fsp3) is 0.393. The van der Waals surface area contributed by atoms with Crippen molar-refractivity contribution in [3.8, 4) is 11.6 Å². The highest BCUT2D eigenvalue weighted by Crippen LogP contribution is 2.36. The van der Waals surface area contributed by atoms with Crippen LogP contribution in [0.5, 0.6) is 11.6 Å². The molecule has 0 aliphatic carbocycles. The SMILES string of the molecule is COc1ccc2ncnc(O[C@@H]3CN[C@H](C(CC4CN(c5ccc6c(c5)NC(=O)CS6)C(=O)O4)NC(C)=O)C3)c2c1. The lowest BCUT2D eigenvalue weighted by atomic mass is 9.99. The van der Waals surface area contributed by atoms with Crippen LogP contribution in [0.3, 0.4) is 0 Å². The van der Waals surface area contributed by atoms with Crippen LogP contribution in [0.25, 0.3) is 10.9 Å². The molecule has 4 heterocycles. The van der Waals surface area contributed by atoms with Crippen LogP contribution in [-0.4, -0.2) is 78.1 Å². The molecular weight excluding hydrogens is 548 g/mol. The maximum Gasteiger partial charge on any atom is 0.414 e. The van der Waals surface area contributed by atoms with Crippen molar-refractivity contribution < 1.29 is 28.6 Å². The molecule has 3 aliphatic rings. The lowest BCUT2D eigenvalue weighted by Gasteiger charge is -2.26. The number of anilines is 2. The van der Waals surface area contributed by atoms with Crippen LogP contribution in [0.4, 0.5) is 16.2 Å². The largest absolute Gasteiger partial charge is 0.497 e. The summed E-state index contributed by atoms with van der Waals surface area (Å²) in [7, 11) is 1.60. The number of nitrogens with zero attached hydrogens (tertiary/aromatic N) is 3. The summed E-state index contributed by atoms with van der Waals surface area (Å²) in [5.41, 5.74) is 2.09. The van der Waals surface area contributed by atoms with E-state index in [1.807, 2.05) is 30.3 Å². The summed E-state index contributed by atoms with van der Waals surface area (Å²) in [5.74, 6) is 1.29. The summed E-state index contributed by atoms with van der Waals surface area (Å²) in [4.78, 5) is 47.9. The normalized spacial score (nSPS) is 22.6. The van der Waals surface area contributed by atoms with Gasteiger partial charge < -0.3 is 30.2 Å². The van der Waals surface area contributed by atoms with Gasteiger partial charge in [-0.2, -0.15) is 0 Å². The number of amides is 3. The maximum absolute atomic E-state index is 12.8. The molecule has 0 bridgehead atoms. The minimum absolute atomic E-state index is 0.0707. The Morgan fingerprint density at radius 2 is 2.12 bits per heavy atom. The van der Waals surface area contributed by atoms with Gasteiger partial charge in [0, 0.05) is 49.0 Å². The Kier molecular flexibility index (Phi) is 7.54. The van der Waals surface area contributed by atoms with Crippen LogP contribution in [0.1, 0.15) is 19.8 Å². The Hall–Kier alpha value is -4.10. The number of cyclic esters (lactones) is 1. The summed E-state index contributed by atoms with van der Waals surface area (Å²) in [5, 5.41) is 10.1. The molecule has 0 radical (unpaired) electrons. The van der Waals surface area contributed by atoms with E-state index in [-0.39, 0.29) is 30.0 Å². The molecule has 13 heteroatoms. The third-order valence-corrected chi connectivity index (χ3v) is 8.46. The van der Waals surface area contributed by atoms with Gasteiger partial charge in [0.1, 0.15) is 24.3 Å². The fourth-order valence-electron chi connectivity index (χ4n) is 5.48. The second-order valence-electron chi connectivity index (χ2n) is 10.2. The van der Waals surface area contributed by atoms with Crippen molar-refractivity contribution in [1.29, 1.82) is 0 Å². The molecule has 2 aromatic carbocycles. The molecule has 2 saturated heterocycles. The number of carbonyl (C=O) groups is 3. The lowest BCUT2D eigenvalue weighted by Crippen LogP contribution is -2.48. The van der Waals surface area contributed by atoms with Crippen molar-refractivity contribution in [3.63, 3.8) is 0 Å². The van der Waals surface area contributed by atoms with Gasteiger partial charge >= 0.3 is 6.09 Å². The highest BCUT2D eigenvalue weighted by atomic mass is 32.2. The standard InChI is InChI=1S/C28H30N6O6S/c1-15(35)32-23(10-19-12-34(28(37)40-19)16-3-6-25-24(7-16)33-26(36)13-41-25)22-9-18(11-29-22)39-27-20-8-17(38-2)4-5-21(20)30-14-31-27/h3-8,14,18-19,22-23,29H,9-13H2,1-2H3,(H,32,35)(H,33,36)/t18-,19?,22-,23?/m0/s1. The van der Waals surface area contributed by atoms with Crippen molar-refractivity contribution in [2.45, 2.75) is 49.0 Å². The molecule has 2 unspecified atom stereocenters. The highest BCUT2D eigenvalue weighted by molar-refractivity contribution is 8.00. The van der Waals surface area contributed by atoms with Gasteiger partial charge in [0.05, 0.1) is 36.0 Å². The van der Waals surface area contributed by atoms with Crippen molar-refractivity contribution in [3.05, 3.63) is 42.7 Å². The van der Waals surface area contributed by atoms with Gasteiger partial charge in [0.15, 0.2) is 0 Å². The van der Waals surface area contributed by atoms with Gasteiger partial charge in [0.2, 0.25) is 17.7 Å². The molecule has 41 heavy (non-hydrogen) atoms.